The standard InChI is InChI=1S/C20H17N3O4S/c24-18-8-6-14(19(25)22-20-21-13-3-1-2-4-17(13)28-20)23(18)10-12-5-7-15-16(9-12)27-11-26-15/h1-5,7,9,14H,6,8,10-11H2,(H,21,22,25). The lowest BCUT2D eigenvalue weighted by atomic mass is 10.1. The zero-order chi connectivity index (χ0) is 19.1. The van der Waals surface area contributed by atoms with Gasteiger partial charge in [-0.05, 0) is 36.2 Å². The van der Waals surface area contributed by atoms with E-state index in [2.05, 4.69) is 10.3 Å². The van der Waals surface area contributed by atoms with Gasteiger partial charge in [0.05, 0.1) is 10.2 Å². The van der Waals surface area contributed by atoms with Crippen LogP contribution in [0.4, 0.5) is 5.13 Å². The van der Waals surface area contributed by atoms with Crippen LogP contribution in [0.25, 0.3) is 10.2 Å². The van der Waals surface area contributed by atoms with E-state index in [0.717, 1.165) is 15.8 Å². The maximum absolute atomic E-state index is 12.8. The summed E-state index contributed by atoms with van der Waals surface area (Å²) in [4.78, 5) is 31.3. The van der Waals surface area contributed by atoms with Gasteiger partial charge >= 0.3 is 0 Å². The van der Waals surface area contributed by atoms with Gasteiger partial charge < -0.3 is 19.7 Å². The summed E-state index contributed by atoms with van der Waals surface area (Å²) in [6, 6.07) is 12.8. The molecule has 8 heteroatoms. The van der Waals surface area contributed by atoms with E-state index in [1.54, 1.807) is 4.90 Å². The first kappa shape index (κ1) is 17.0. The second kappa shape index (κ2) is 6.79. The molecule has 7 nitrogen and oxygen atoms in total. The highest BCUT2D eigenvalue weighted by molar-refractivity contribution is 7.22. The SMILES string of the molecule is O=C(Nc1nc2ccccc2s1)C1CCC(=O)N1Cc1ccc2c(c1)OCO2. The minimum Gasteiger partial charge on any atom is -0.454 e. The van der Waals surface area contributed by atoms with Gasteiger partial charge in [0.25, 0.3) is 0 Å². The Morgan fingerprint density at radius 2 is 2.07 bits per heavy atom. The average molecular weight is 395 g/mol. The minimum atomic E-state index is -0.509. The van der Waals surface area contributed by atoms with Gasteiger partial charge in [-0.25, -0.2) is 4.98 Å². The summed E-state index contributed by atoms with van der Waals surface area (Å²) in [5.41, 5.74) is 1.75. The molecule has 5 rings (SSSR count). The molecule has 3 heterocycles. The number of amides is 2. The van der Waals surface area contributed by atoms with Crippen LogP contribution in [0.15, 0.2) is 42.5 Å². The van der Waals surface area contributed by atoms with Gasteiger partial charge in [-0.1, -0.05) is 29.5 Å². The molecule has 2 aliphatic rings. The molecule has 1 unspecified atom stereocenters. The fourth-order valence-corrected chi connectivity index (χ4v) is 4.42. The maximum Gasteiger partial charge on any atom is 0.248 e. The number of anilines is 1. The number of thiazole rings is 1. The summed E-state index contributed by atoms with van der Waals surface area (Å²) < 4.78 is 11.7. The van der Waals surface area contributed by atoms with Crippen molar-refractivity contribution in [1.82, 2.24) is 9.88 Å². The third-order valence-electron chi connectivity index (χ3n) is 4.94. The second-order valence-electron chi connectivity index (χ2n) is 6.74. The summed E-state index contributed by atoms with van der Waals surface area (Å²) >= 11 is 1.43. The highest BCUT2D eigenvalue weighted by Gasteiger charge is 2.36. The van der Waals surface area contributed by atoms with Crippen LogP contribution in [-0.4, -0.2) is 34.5 Å². The normalized spacial score (nSPS) is 18.1. The lowest BCUT2D eigenvalue weighted by Gasteiger charge is -2.23. The number of nitrogens with one attached hydrogen (secondary N) is 1. The molecule has 2 amide bonds. The van der Waals surface area contributed by atoms with E-state index in [-0.39, 0.29) is 18.6 Å². The summed E-state index contributed by atoms with van der Waals surface area (Å²) in [7, 11) is 0. The second-order valence-corrected chi connectivity index (χ2v) is 7.77. The molecule has 1 saturated heterocycles. The Bertz CT molecular complexity index is 1050. The maximum atomic E-state index is 12.8. The molecule has 142 valence electrons. The Morgan fingerprint density at radius 1 is 1.21 bits per heavy atom. The van der Waals surface area contributed by atoms with Gasteiger partial charge in [-0.15, -0.1) is 0 Å². The number of carbonyl (C=O) groups is 2. The van der Waals surface area contributed by atoms with E-state index in [1.807, 2.05) is 42.5 Å². The quantitative estimate of drug-likeness (QED) is 0.734. The van der Waals surface area contributed by atoms with Crippen molar-refractivity contribution < 1.29 is 19.1 Å². The fraction of sp³-hybridized carbons (Fsp3) is 0.250. The molecule has 2 aromatic carbocycles. The molecular formula is C20H17N3O4S. The number of likely N-dealkylation sites (tertiary alicyclic amines) is 1. The van der Waals surface area contributed by atoms with Crippen LogP contribution in [0.2, 0.25) is 0 Å². The van der Waals surface area contributed by atoms with Crippen molar-refractivity contribution >= 4 is 38.5 Å². The van der Waals surface area contributed by atoms with Gasteiger partial charge in [0.15, 0.2) is 16.6 Å². The molecule has 2 aliphatic heterocycles. The topological polar surface area (TPSA) is 80.8 Å². The molecule has 0 bridgehead atoms. The highest BCUT2D eigenvalue weighted by atomic mass is 32.1. The summed E-state index contributed by atoms with van der Waals surface area (Å²) in [6.45, 7) is 0.558. The summed E-state index contributed by atoms with van der Waals surface area (Å²) in [5.74, 6) is 1.13. The first-order valence-corrected chi connectivity index (χ1v) is 9.83. The molecule has 1 fully saturated rings. The number of benzene rings is 2. The average Bonchev–Trinajstić information content (AvgIpc) is 3.40. The predicted octanol–water partition coefficient (Wildman–Crippen LogP) is 3.15. The van der Waals surface area contributed by atoms with Crippen LogP contribution in [0.3, 0.4) is 0 Å². The first-order chi connectivity index (χ1) is 13.7. The highest BCUT2D eigenvalue weighted by Crippen LogP contribution is 2.34. The number of aromatic nitrogens is 1. The third kappa shape index (κ3) is 3.05. The third-order valence-corrected chi connectivity index (χ3v) is 5.90. The Hall–Kier alpha value is -3.13. The molecule has 28 heavy (non-hydrogen) atoms. The molecule has 0 aliphatic carbocycles. The van der Waals surface area contributed by atoms with Crippen molar-refractivity contribution in [3.05, 3.63) is 48.0 Å². The van der Waals surface area contributed by atoms with Gasteiger partial charge in [0.1, 0.15) is 6.04 Å². The van der Waals surface area contributed by atoms with Crippen LogP contribution < -0.4 is 14.8 Å². The number of rotatable bonds is 4. The van der Waals surface area contributed by atoms with Crippen molar-refractivity contribution in [3.8, 4) is 11.5 Å². The number of carbonyl (C=O) groups excluding carboxylic acids is 2. The fourth-order valence-electron chi connectivity index (χ4n) is 3.55. The van der Waals surface area contributed by atoms with Crippen molar-refractivity contribution in [2.75, 3.05) is 12.1 Å². The molecule has 0 radical (unpaired) electrons. The molecular weight excluding hydrogens is 378 g/mol. The number of hydrogen-bond acceptors (Lipinski definition) is 6. The summed E-state index contributed by atoms with van der Waals surface area (Å²) in [6.07, 6.45) is 0.864. The molecule has 1 aromatic heterocycles. The monoisotopic (exact) mass is 395 g/mol. The van der Waals surface area contributed by atoms with Crippen molar-refractivity contribution in [2.45, 2.75) is 25.4 Å². The van der Waals surface area contributed by atoms with E-state index < -0.39 is 6.04 Å². The number of hydrogen-bond donors (Lipinski definition) is 1. The molecule has 3 aromatic rings. The van der Waals surface area contributed by atoms with Gasteiger partial charge in [-0.3, -0.25) is 9.59 Å². The van der Waals surface area contributed by atoms with E-state index in [0.29, 0.717) is 36.0 Å². The molecule has 0 spiro atoms. The van der Waals surface area contributed by atoms with Gasteiger partial charge in [0, 0.05) is 13.0 Å². The number of para-hydroxylation sites is 1. The Morgan fingerprint density at radius 3 is 2.96 bits per heavy atom. The Labute approximate surface area is 164 Å². The van der Waals surface area contributed by atoms with E-state index in [9.17, 15) is 9.59 Å². The Kier molecular flexibility index (Phi) is 4.12. The molecule has 1 N–H and O–H groups in total. The lowest BCUT2D eigenvalue weighted by Crippen LogP contribution is -2.41. The van der Waals surface area contributed by atoms with Crippen molar-refractivity contribution in [2.24, 2.45) is 0 Å². The van der Waals surface area contributed by atoms with Crippen LogP contribution in [-0.2, 0) is 16.1 Å². The smallest absolute Gasteiger partial charge is 0.248 e. The summed E-state index contributed by atoms with van der Waals surface area (Å²) in [5, 5.41) is 3.43. The predicted molar refractivity (Wildman–Crippen MR) is 104 cm³/mol. The van der Waals surface area contributed by atoms with E-state index in [1.165, 1.54) is 11.3 Å². The van der Waals surface area contributed by atoms with Gasteiger partial charge in [0.2, 0.25) is 18.6 Å². The number of nitrogens with zero attached hydrogens (tertiary/aromatic N) is 2. The largest absolute Gasteiger partial charge is 0.454 e. The molecule has 1 atom stereocenters. The van der Waals surface area contributed by atoms with Crippen LogP contribution in [0.1, 0.15) is 18.4 Å². The zero-order valence-corrected chi connectivity index (χ0v) is 15.7. The van der Waals surface area contributed by atoms with Crippen molar-refractivity contribution in [3.63, 3.8) is 0 Å². The number of fused-ring (bicyclic) bond motifs is 2. The van der Waals surface area contributed by atoms with Crippen LogP contribution in [0, 0.1) is 0 Å². The minimum absolute atomic E-state index is 0.0258. The van der Waals surface area contributed by atoms with Gasteiger partial charge in [-0.2, -0.15) is 0 Å². The van der Waals surface area contributed by atoms with E-state index in [4.69, 9.17) is 9.47 Å². The number of ether oxygens (including phenoxy) is 2. The zero-order valence-electron chi connectivity index (χ0n) is 14.9. The van der Waals surface area contributed by atoms with Crippen LogP contribution in [0.5, 0.6) is 11.5 Å². The van der Waals surface area contributed by atoms with E-state index >= 15 is 0 Å². The van der Waals surface area contributed by atoms with Crippen molar-refractivity contribution in [1.29, 1.82) is 0 Å². The lowest BCUT2D eigenvalue weighted by molar-refractivity contribution is -0.133. The first-order valence-electron chi connectivity index (χ1n) is 9.02. The molecule has 0 saturated carbocycles. The Balaban J connectivity index is 1.33. The van der Waals surface area contributed by atoms with Crippen LogP contribution >= 0.6 is 11.3 Å².